The molecule has 3 nitrogen and oxygen atoms in total. The molecule has 0 aliphatic rings. The Bertz CT molecular complexity index is 599. The second-order valence-corrected chi connectivity index (χ2v) is 5.87. The molecule has 0 aromatic heterocycles. The van der Waals surface area contributed by atoms with Crippen molar-refractivity contribution in [2.75, 3.05) is 12.4 Å². The zero-order chi connectivity index (χ0) is 15.2. The number of methoxy groups -OCH3 is 1. The monoisotopic (exact) mass is 349 g/mol. The molecule has 21 heavy (non-hydrogen) atoms. The van der Waals surface area contributed by atoms with Gasteiger partial charge in [-0.2, -0.15) is 0 Å². The van der Waals surface area contributed by atoms with E-state index in [9.17, 15) is 0 Å². The summed E-state index contributed by atoms with van der Waals surface area (Å²) in [6, 6.07) is 14.1. The van der Waals surface area contributed by atoms with Gasteiger partial charge in [-0.05, 0) is 65.7 Å². The van der Waals surface area contributed by atoms with E-state index in [1.54, 1.807) is 7.11 Å². The van der Waals surface area contributed by atoms with E-state index in [2.05, 4.69) is 33.4 Å². The van der Waals surface area contributed by atoms with Crippen molar-refractivity contribution in [2.24, 2.45) is 0 Å². The van der Waals surface area contributed by atoms with Crippen molar-refractivity contribution in [2.45, 2.75) is 26.5 Å². The summed E-state index contributed by atoms with van der Waals surface area (Å²) in [6.07, 6.45) is 0.186. The SMILES string of the molecule is COc1ccc(NCc2cccc(OC(C)C)c2)cc1Br. The molecule has 0 radical (unpaired) electrons. The van der Waals surface area contributed by atoms with Gasteiger partial charge in [0.25, 0.3) is 0 Å². The number of hydrogen-bond donors (Lipinski definition) is 1. The third-order valence-electron chi connectivity index (χ3n) is 2.92. The molecule has 0 fully saturated rings. The molecule has 0 saturated heterocycles. The first-order chi connectivity index (χ1) is 10.1. The lowest BCUT2D eigenvalue weighted by Crippen LogP contribution is -2.06. The van der Waals surface area contributed by atoms with E-state index in [0.717, 1.165) is 28.2 Å². The van der Waals surface area contributed by atoms with Crippen molar-refractivity contribution in [3.63, 3.8) is 0 Å². The molecule has 0 bridgehead atoms. The van der Waals surface area contributed by atoms with Gasteiger partial charge in [0.2, 0.25) is 0 Å². The van der Waals surface area contributed by atoms with E-state index >= 15 is 0 Å². The lowest BCUT2D eigenvalue weighted by molar-refractivity contribution is 0.242. The molecule has 2 aromatic rings. The second kappa shape index (κ2) is 7.36. The molecule has 0 spiro atoms. The molecule has 0 saturated carbocycles. The first-order valence-electron chi connectivity index (χ1n) is 6.91. The highest BCUT2D eigenvalue weighted by atomic mass is 79.9. The molecule has 4 heteroatoms. The van der Waals surface area contributed by atoms with Gasteiger partial charge in [0, 0.05) is 12.2 Å². The Morgan fingerprint density at radius 2 is 1.95 bits per heavy atom. The fourth-order valence-electron chi connectivity index (χ4n) is 1.98. The first-order valence-corrected chi connectivity index (χ1v) is 7.71. The smallest absolute Gasteiger partial charge is 0.133 e. The van der Waals surface area contributed by atoms with Crippen molar-refractivity contribution in [3.8, 4) is 11.5 Å². The Morgan fingerprint density at radius 3 is 2.62 bits per heavy atom. The highest BCUT2D eigenvalue weighted by molar-refractivity contribution is 9.10. The molecule has 0 atom stereocenters. The van der Waals surface area contributed by atoms with Crippen LogP contribution in [0.15, 0.2) is 46.9 Å². The van der Waals surface area contributed by atoms with E-state index in [4.69, 9.17) is 9.47 Å². The van der Waals surface area contributed by atoms with E-state index in [0.29, 0.717) is 0 Å². The number of anilines is 1. The third-order valence-corrected chi connectivity index (χ3v) is 3.54. The molecule has 0 amide bonds. The Balaban J connectivity index is 2.01. The quantitative estimate of drug-likeness (QED) is 0.807. The number of ether oxygens (including phenoxy) is 2. The fraction of sp³-hybridized carbons (Fsp3) is 0.294. The van der Waals surface area contributed by atoms with E-state index < -0.39 is 0 Å². The van der Waals surface area contributed by atoms with E-state index in [1.165, 1.54) is 5.56 Å². The third kappa shape index (κ3) is 4.67. The standard InChI is InChI=1S/C17H20BrNO2/c1-12(2)21-15-6-4-5-13(9-15)11-19-14-7-8-17(20-3)16(18)10-14/h4-10,12,19H,11H2,1-3H3. The molecule has 0 heterocycles. The number of halogens is 1. The summed E-state index contributed by atoms with van der Waals surface area (Å²) in [4.78, 5) is 0. The Kier molecular flexibility index (Phi) is 5.51. The normalized spacial score (nSPS) is 10.5. The van der Waals surface area contributed by atoms with Gasteiger partial charge in [-0.25, -0.2) is 0 Å². The zero-order valence-electron chi connectivity index (χ0n) is 12.5. The van der Waals surface area contributed by atoms with Crippen LogP contribution in [0.2, 0.25) is 0 Å². The fourth-order valence-corrected chi connectivity index (χ4v) is 2.52. The van der Waals surface area contributed by atoms with Gasteiger partial charge in [-0.1, -0.05) is 12.1 Å². The summed E-state index contributed by atoms with van der Waals surface area (Å²) in [7, 11) is 1.66. The van der Waals surface area contributed by atoms with Gasteiger partial charge in [-0.3, -0.25) is 0 Å². The molecule has 0 aliphatic carbocycles. The van der Waals surface area contributed by atoms with Crippen LogP contribution in [-0.2, 0) is 6.54 Å². The summed E-state index contributed by atoms with van der Waals surface area (Å²) < 4.78 is 11.9. The van der Waals surface area contributed by atoms with Crippen LogP contribution in [0.4, 0.5) is 5.69 Å². The van der Waals surface area contributed by atoms with Crippen LogP contribution >= 0.6 is 15.9 Å². The van der Waals surface area contributed by atoms with Gasteiger partial charge in [-0.15, -0.1) is 0 Å². The first kappa shape index (κ1) is 15.7. The number of hydrogen-bond acceptors (Lipinski definition) is 3. The predicted molar refractivity (Wildman–Crippen MR) is 90.2 cm³/mol. The van der Waals surface area contributed by atoms with Crippen molar-refractivity contribution in [1.82, 2.24) is 0 Å². The van der Waals surface area contributed by atoms with Crippen LogP contribution in [0.3, 0.4) is 0 Å². The van der Waals surface area contributed by atoms with Gasteiger partial charge in [0.1, 0.15) is 11.5 Å². The maximum atomic E-state index is 5.70. The molecule has 1 N–H and O–H groups in total. The molecule has 112 valence electrons. The van der Waals surface area contributed by atoms with Gasteiger partial charge >= 0.3 is 0 Å². The maximum absolute atomic E-state index is 5.70. The highest BCUT2D eigenvalue weighted by Gasteiger charge is 2.02. The average Bonchev–Trinajstić information content (AvgIpc) is 2.45. The molecule has 2 rings (SSSR count). The summed E-state index contributed by atoms with van der Waals surface area (Å²) in [5, 5.41) is 3.39. The summed E-state index contributed by atoms with van der Waals surface area (Å²) in [5.74, 6) is 1.73. The number of nitrogens with one attached hydrogen (secondary N) is 1. The van der Waals surface area contributed by atoms with Crippen molar-refractivity contribution >= 4 is 21.6 Å². The summed E-state index contributed by atoms with van der Waals surface area (Å²) in [6.45, 7) is 4.80. The number of rotatable bonds is 6. The van der Waals surface area contributed by atoms with E-state index in [-0.39, 0.29) is 6.10 Å². The van der Waals surface area contributed by atoms with Crippen LogP contribution in [-0.4, -0.2) is 13.2 Å². The van der Waals surface area contributed by atoms with Gasteiger partial charge in [0.15, 0.2) is 0 Å². The molecule has 0 aliphatic heterocycles. The average molecular weight is 350 g/mol. The van der Waals surface area contributed by atoms with Gasteiger partial charge < -0.3 is 14.8 Å². The Hall–Kier alpha value is -1.68. The zero-order valence-corrected chi connectivity index (χ0v) is 14.1. The van der Waals surface area contributed by atoms with Crippen LogP contribution < -0.4 is 14.8 Å². The minimum atomic E-state index is 0.186. The van der Waals surface area contributed by atoms with Crippen LogP contribution in [0.1, 0.15) is 19.4 Å². The van der Waals surface area contributed by atoms with Crippen molar-refractivity contribution < 1.29 is 9.47 Å². The Labute approximate surface area is 134 Å². The Morgan fingerprint density at radius 1 is 1.14 bits per heavy atom. The predicted octanol–water partition coefficient (Wildman–Crippen LogP) is 4.86. The molecule has 2 aromatic carbocycles. The summed E-state index contributed by atoms with van der Waals surface area (Å²) >= 11 is 3.49. The topological polar surface area (TPSA) is 30.5 Å². The second-order valence-electron chi connectivity index (χ2n) is 5.02. The molecule has 0 unspecified atom stereocenters. The lowest BCUT2D eigenvalue weighted by Gasteiger charge is -2.12. The van der Waals surface area contributed by atoms with Crippen molar-refractivity contribution in [1.29, 1.82) is 0 Å². The minimum absolute atomic E-state index is 0.186. The highest BCUT2D eigenvalue weighted by Crippen LogP contribution is 2.28. The van der Waals surface area contributed by atoms with E-state index in [1.807, 2.05) is 44.2 Å². The molecular formula is C17H20BrNO2. The van der Waals surface area contributed by atoms with Crippen LogP contribution in [0.5, 0.6) is 11.5 Å². The maximum Gasteiger partial charge on any atom is 0.133 e. The van der Waals surface area contributed by atoms with Crippen LogP contribution in [0, 0.1) is 0 Å². The molecular weight excluding hydrogens is 330 g/mol. The number of benzene rings is 2. The minimum Gasteiger partial charge on any atom is -0.496 e. The van der Waals surface area contributed by atoms with Crippen molar-refractivity contribution in [3.05, 3.63) is 52.5 Å². The summed E-state index contributed by atoms with van der Waals surface area (Å²) in [5.41, 5.74) is 2.22. The largest absolute Gasteiger partial charge is 0.496 e. The van der Waals surface area contributed by atoms with Crippen LogP contribution in [0.25, 0.3) is 0 Å². The lowest BCUT2D eigenvalue weighted by atomic mass is 10.2. The van der Waals surface area contributed by atoms with Gasteiger partial charge in [0.05, 0.1) is 17.7 Å².